The molecular formula is C15H19BrN2O3. The van der Waals surface area contributed by atoms with Gasteiger partial charge in [-0.15, -0.1) is 0 Å². The summed E-state index contributed by atoms with van der Waals surface area (Å²) in [5.74, 6) is -1.33. The molecule has 5 nitrogen and oxygen atoms in total. The molecule has 6 heteroatoms. The monoisotopic (exact) mass is 354 g/mol. The van der Waals surface area contributed by atoms with Gasteiger partial charge in [0.05, 0.1) is 5.92 Å². The first-order valence-corrected chi connectivity index (χ1v) is 7.91. The van der Waals surface area contributed by atoms with E-state index in [2.05, 4.69) is 26.6 Å². The fourth-order valence-electron chi connectivity index (χ4n) is 2.68. The van der Waals surface area contributed by atoms with Crippen LogP contribution in [0.1, 0.15) is 32.1 Å². The van der Waals surface area contributed by atoms with E-state index in [1.807, 2.05) is 12.1 Å². The standard InChI is InChI=1S/C15H19BrN2O3/c16-10-5-4-6-11(9-10)17-15(21)18-13-8-3-1-2-7-12(13)14(19)20/h4-6,9,12-13H,1-3,7-8H2,(H,19,20)(H2,17,18,21). The maximum Gasteiger partial charge on any atom is 0.319 e. The molecule has 0 spiro atoms. The quantitative estimate of drug-likeness (QED) is 0.725. The molecule has 1 saturated carbocycles. The summed E-state index contributed by atoms with van der Waals surface area (Å²) in [6.45, 7) is 0. The van der Waals surface area contributed by atoms with Crippen LogP contribution in [-0.2, 0) is 4.79 Å². The third-order valence-corrected chi connectivity index (χ3v) is 4.23. The van der Waals surface area contributed by atoms with Crippen molar-refractivity contribution >= 4 is 33.6 Å². The highest BCUT2D eigenvalue weighted by molar-refractivity contribution is 9.10. The van der Waals surface area contributed by atoms with E-state index in [0.717, 1.165) is 23.7 Å². The van der Waals surface area contributed by atoms with Crippen LogP contribution in [0.5, 0.6) is 0 Å². The van der Waals surface area contributed by atoms with Gasteiger partial charge >= 0.3 is 12.0 Å². The molecule has 1 aliphatic rings. The van der Waals surface area contributed by atoms with E-state index < -0.39 is 11.9 Å². The van der Waals surface area contributed by atoms with Gasteiger partial charge in [0.1, 0.15) is 0 Å². The number of aliphatic carboxylic acids is 1. The van der Waals surface area contributed by atoms with Gasteiger partial charge in [-0.2, -0.15) is 0 Å². The first kappa shape index (κ1) is 15.8. The summed E-state index contributed by atoms with van der Waals surface area (Å²) in [5.41, 5.74) is 0.669. The highest BCUT2D eigenvalue weighted by Gasteiger charge is 2.30. The minimum Gasteiger partial charge on any atom is -0.481 e. The fourth-order valence-corrected chi connectivity index (χ4v) is 3.08. The lowest BCUT2D eigenvalue weighted by atomic mass is 9.95. The molecule has 1 aromatic rings. The molecule has 2 atom stereocenters. The van der Waals surface area contributed by atoms with Crippen molar-refractivity contribution in [2.24, 2.45) is 5.92 Å². The van der Waals surface area contributed by atoms with Crippen LogP contribution in [0.4, 0.5) is 10.5 Å². The lowest BCUT2D eigenvalue weighted by Gasteiger charge is -2.23. The summed E-state index contributed by atoms with van der Waals surface area (Å²) in [7, 11) is 0. The molecule has 0 aliphatic heterocycles. The van der Waals surface area contributed by atoms with Crippen molar-refractivity contribution in [2.45, 2.75) is 38.1 Å². The summed E-state index contributed by atoms with van der Waals surface area (Å²) >= 11 is 3.34. The van der Waals surface area contributed by atoms with Crippen molar-refractivity contribution in [1.82, 2.24) is 5.32 Å². The van der Waals surface area contributed by atoms with Crippen molar-refractivity contribution in [3.8, 4) is 0 Å². The van der Waals surface area contributed by atoms with Crippen LogP contribution < -0.4 is 10.6 Å². The van der Waals surface area contributed by atoms with Crippen LogP contribution in [-0.4, -0.2) is 23.1 Å². The molecule has 2 amide bonds. The smallest absolute Gasteiger partial charge is 0.319 e. The number of anilines is 1. The predicted molar refractivity (Wildman–Crippen MR) is 84.3 cm³/mol. The van der Waals surface area contributed by atoms with E-state index in [9.17, 15) is 14.7 Å². The Labute approximate surface area is 132 Å². The minimum atomic E-state index is -0.829. The van der Waals surface area contributed by atoms with Crippen molar-refractivity contribution in [3.05, 3.63) is 28.7 Å². The molecule has 0 bridgehead atoms. The van der Waals surface area contributed by atoms with Gasteiger partial charge in [0.25, 0.3) is 0 Å². The molecule has 0 saturated heterocycles. The second-order valence-electron chi connectivity index (χ2n) is 5.30. The van der Waals surface area contributed by atoms with Crippen molar-refractivity contribution in [1.29, 1.82) is 0 Å². The SMILES string of the molecule is O=C(Nc1cccc(Br)c1)NC1CCCCCC1C(=O)O. The van der Waals surface area contributed by atoms with Crippen LogP contribution >= 0.6 is 15.9 Å². The van der Waals surface area contributed by atoms with Gasteiger partial charge in [-0.1, -0.05) is 41.3 Å². The summed E-state index contributed by atoms with van der Waals surface area (Å²) in [6, 6.07) is 6.61. The Bertz CT molecular complexity index is 521. The lowest BCUT2D eigenvalue weighted by molar-refractivity contribution is -0.142. The number of rotatable bonds is 3. The number of amides is 2. The van der Waals surface area contributed by atoms with E-state index in [4.69, 9.17) is 0 Å². The van der Waals surface area contributed by atoms with Crippen LogP contribution in [0.15, 0.2) is 28.7 Å². The van der Waals surface area contributed by atoms with Gasteiger partial charge in [0, 0.05) is 16.2 Å². The molecule has 21 heavy (non-hydrogen) atoms. The number of urea groups is 1. The maximum atomic E-state index is 12.0. The number of carbonyl (C=O) groups is 2. The zero-order chi connectivity index (χ0) is 15.2. The largest absolute Gasteiger partial charge is 0.481 e. The lowest BCUT2D eigenvalue weighted by Crippen LogP contribution is -2.44. The molecule has 0 aromatic heterocycles. The average molecular weight is 355 g/mol. The second kappa shape index (κ2) is 7.45. The van der Waals surface area contributed by atoms with Gasteiger partial charge in [0.15, 0.2) is 0 Å². The molecule has 2 unspecified atom stereocenters. The minimum absolute atomic E-state index is 0.308. The van der Waals surface area contributed by atoms with Gasteiger partial charge in [-0.25, -0.2) is 4.79 Å². The van der Waals surface area contributed by atoms with E-state index in [-0.39, 0.29) is 12.1 Å². The topological polar surface area (TPSA) is 78.4 Å². The first-order valence-electron chi connectivity index (χ1n) is 7.12. The summed E-state index contributed by atoms with van der Waals surface area (Å²) in [6.07, 6.45) is 4.21. The first-order chi connectivity index (χ1) is 10.1. The molecule has 0 heterocycles. The molecule has 3 N–H and O–H groups in total. The Kier molecular flexibility index (Phi) is 5.61. The Morgan fingerprint density at radius 1 is 1.19 bits per heavy atom. The molecular weight excluding hydrogens is 336 g/mol. The van der Waals surface area contributed by atoms with E-state index >= 15 is 0 Å². The summed E-state index contributed by atoms with van der Waals surface area (Å²) in [4.78, 5) is 23.4. The number of benzene rings is 1. The van der Waals surface area contributed by atoms with Crippen molar-refractivity contribution in [2.75, 3.05) is 5.32 Å². The van der Waals surface area contributed by atoms with Crippen LogP contribution in [0, 0.1) is 5.92 Å². The van der Waals surface area contributed by atoms with Crippen LogP contribution in [0.2, 0.25) is 0 Å². The van der Waals surface area contributed by atoms with Gasteiger partial charge in [-0.3, -0.25) is 4.79 Å². The molecule has 0 radical (unpaired) electrons. The number of hydrogen-bond donors (Lipinski definition) is 3. The van der Waals surface area contributed by atoms with E-state index in [1.54, 1.807) is 12.1 Å². The third-order valence-electron chi connectivity index (χ3n) is 3.73. The molecule has 1 aromatic carbocycles. The van der Waals surface area contributed by atoms with Gasteiger partial charge in [-0.05, 0) is 31.0 Å². The fraction of sp³-hybridized carbons (Fsp3) is 0.467. The predicted octanol–water partition coefficient (Wildman–Crippen LogP) is 3.60. The molecule has 1 fully saturated rings. The highest BCUT2D eigenvalue weighted by Crippen LogP contribution is 2.24. The number of carbonyl (C=O) groups excluding carboxylic acids is 1. The Morgan fingerprint density at radius 3 is 2.67 bits per heavy atom. The third kappa shape index (κ3) is 4.74. The number of carboxylic acid groups (broad SMARTS) is 1. The average Bonchev–Trinajstić information content (AvgIpc) is 2.64. The van der Waals surface area contributed by atoms with Crippen molar-refractivity contribution < 1.29 is 14.7 Å². The number of nitrogens with one attached hydrogen (secondary N) is 2. The number of halogens is 1. The van der Waals surface area contributed by atoms with E-state index in [0.29, 0.717) is 18.5 Å². The number of carboxylic acids is 1. The highest BCUT2D eigenvalue weighted by atomic mass is 79.9. The molecule has 2 rings (SSSR count). The Morgan fingerprint density at radius 2 is 1.95 bits per heavy atom. The second-order valence-corrected chi connectivity index (χ2v) is 6.21. The Balaban J connectivity index is 1.97. The summed E-state index contributed by atoms with van der Waals surface area (Å²) < 4.78 is 0.873. The van der Waals surface area contributed by atoms with Crippen LogP contribution in [0.25, 0.3) is 0 Å². The van der Waals surface area contributed by atoms with Crippen molar-refractivity contribution in [3.63, 3.8) is 0 Å². The Hall–Kier alpha value is -1.56. The normalized spacial score (nSPS) is 22.1. The van der Waals surface area contributed by atoms with E-state index in [1.165, 1.54) is 0 Å². The summed E-state index contributed by atoms with van der Waals surface area (Å²) in [5, 5.41) is 14.8. The van der Waals surface area contributed by atoms with Crippen LogP contribution in [0.3, 0.4) is 0 Å². The zero-order valence-electron chi connectivity index (χ0n) is 11.6. The maximum absolute atomic E-state index is 12.0. The molecule has 1 aliphatic carbocycles. The van der Waals surface area contributed by atoms with Gasteiger partial charge in [0.2, 0.25) is 0 Å². The number of hydrogen-bond acceptors (Lipinski definition) is 2. The zero-order valence-corrected chi connectivity index (χ0v) is 13.2. The van der Waals surface area contributed by atoms with Gasteiger partial charge < -0.3 is 15.7 Å². The molecule has 114 valence electrons.